The molecule has 0 heterocycles. The minimum absolute atomic E-state index is 0.0677. The minimum atomic E-state index is -0.933. The molecule has 0 spiro atoms. The molecule has 0 amide bonds. The molecule has 1 aliphatic rings. The number of hydrogen-bond donors (Lipinski definition) is 1. The van der Waals surface area contributed by atoms with Gasteiger partial charge in [0, 0.05) is 50.6 Å². The Morgan fingerprint density at radius 2 is 0.776 bits per heavy atom. The average Bonchev–Trinajstić information content (AvgIpc) is 3.29. The number of ether oxygens (including phenoxy) is 5. The van der Waals surface area contributed by atoms with E-state index in [1.54, 1.807) is 0 Å². The zero-order valence-corrected chi connectivity index (χ0v) is 43.3. The second-order valence-electron chi connectivity index (χ2n) is 19.4. The van der Waals surface area contributed by atoms with E-state index in [9.17, 15) is 29.1 Å². The van der Waals surface area contributed by atoms with Gasteiger partial charge in [-0.05, 0) is 64.3 Å². The fraction of sp³-hybridized carbons (Fsp3) is 0.909. The largest absolute Gasteiger partial charge is 0.465 e. The summed E-state index contributed by atoms with van der Waals surface area (Å²) in [6, 6.07) is 0.507. The summed E-state index contributed by atoms with van der Waals surface area (Å²) >= 11 is 0. The first-order valence-corrected chi connectivity index (χ1v) is 27.9. The van der Waals surface area contributed by atoms with Gasteiger partial charge in [-0.2, -0.15) is 0 Å². The van der Waals surface area contributed by atoms with Gasteiger partial charge in [-0.25, -0.2) is 0 Å². The summed E-state index contributed by atoms with van der Waals surface area (Å²) in [6.45, 7) is 7.89. The van der Waals surface area contributed by atoms with Crippen LogP contribution in [0.2, 0.25) is 0 Å². The van der Waals surface area contributed by atoms with Crippen molar-refractivity contribution in [3.63, 3.8) is 0 Å². The van der Waals surface area contributed by atoms with Crippen LogP contribution in [0.1, 0.15) is 258 Å². The summed E-state index contributed by atoms with van der Waals surface area (Å²) in [7, 11) is 0. The van der Waals surface area contributed by atoms with E-state index in [1.165, 1.54) is 83.5 Å². The van der Waals surface area contributed by atoms with E-state index in [0.717, 1.165) is 109 Å². The molecule has 0 saturated heterocycles. The van der Waals surface area contributed by atoms with Crippen LogP contribution in [0.5, 0.6) is 0 Å². The number of unbranched alkanes of at least 4 members (excludes halogenated alkanes) is 23. The van der Waals surface area contributed by atoms with Gasteiger partial charge in [0.25, 0.3) is 0 Å². The van der Waals surface area contributed by atoms with Gasteiger partial charge >= 0.3 is 29.8 Å². The average molecular weight is 952 g/mol. The number of nitrogens with zero attached hydrogens (tertiary/aromatic N) is 1. The van der Waals surface area contributed by atoms with Gasteiger partial charge in [-0.3, -0.25) is 28.9 Å². The monoisotopic (exact) mass is 952 g/mol. The number of esters is 5. The van der Waals surface area contributed by atoms with Gasteiger partial charge in [-0.15, -0.1) is 0 Å². The molecule has 67 heavy (non-hydrogen) atoms. The lowest BCUT2D eigenvalue weighted by molar-refractivity contribution is -0.167. The summed E-state index contributed by atoms with van der Waals surface area (Å²) < 4.78 is 28.0. The highest BCUT2D eigenvalue weighted by Crippen LogP contribution is 2.25. The predicted molar refractivity (Wildman–Crippen MR) is 268 cm³/mol. The third-order valence-corrected chi connectivity index (χ3v) is 13.1. The molecule has 1 unspecified atom stereocenters. The molecule has 1 atom stereocenters. The van der Waals surface area contributed by atoms with Crippen molar-refractivity contribution in [2.24, 2.45) is 5.92 Å². The second-order valence-corrected chi connectivity index (χ2v) is 19.4. The highest BCUT2D eigenvalue weighted by atomic mass is 16.6. The van der Waals surface area contributed by atoms with E-state index in [0.29, 0.717) is 44.7 Å². The fourth-order valence-electron chi connectivity index (χ4n) is 8.52. The Hall–Kier alpha value is -2.73. The van der Waals surface area contributed by atoms with Crippen LogP contribution < -0.4 is 0 Å². The zero-order chi connectivity index (χ0) is 48.8. The van der Waals surface area contributed by atoms with Crippen molar-refractivity contribution in [1.29, 1.82) is 0 Å². The molecular weight excluding hydrogens is 851 g/mol. The van der Waals surface area contributed by atoms with Crippen molar-refractivity contribution in [2.75, 3.05) is 46.1 Å². The fourth-order valence-corrected chi connectivity index (χ4v) is 8.52. The van der Waals surface area contributed by atoms with Gasteiger partial charge in [0.2, 0.25) is 0 Å². The Balaban J connectivity index is 2.60. The molecule has 0 aromatic carbocycles. The SMILES string of the molecule is CCCCCCCCCCCCCCCCCC(=O)OCC(COC(=O)CCCC(COC(=O)CCCCCCC)COC(=O)CCCCCCC)OC(=O)CCCCN(CCO)C1CCC1. The van der Waals surface area contributed by atoms with Crippen LogP contribution in [-0.4, -0.2) is 98.1 Å². The third-order valence-electron chi connectivity index (χ3n) is 13.1. The lowest BCUT2D eigenvalue weighted by Crippen LogP contribution is -2.42. The molecule has 0 aromatic rings. The molecule has 12 nitrogen and oxygen atoms in total. The maximum atomic E-state index is 13.0. The number of carbonyl (C=O) groups excluding carboxylic acids is 5. The molecule has 0 aliphatic heterocycles. The van der Waals surface area contributed by atoms with E-state index >= 15 is 0 Å². The first kappa shape index (κ1) is 62.3. The van der Waals surface area contributed by atoms with Crippen molar-refractivity contribution in [2.45, 2.75) is 270 Å². The van der Waals surface area contributed by atoms with Crippen molar-refractivity contribution < 1.29 is 52.8 Å². The van der Waals surface area contributed by atoms with Gasteiger partial charge < -0.3 is 28.8 Å². The number of aliphatic hydroxyl groups excluding tert-OH is 1. The molecule has 0 aromatic heterocycles. The molecule has 1 fully saturated rings. The Labute approximate surface area is 408 Å². The van der Waals surface area contributed by atoms with Crippen LogP contribution in [0, 0.1) is 5.92 Å². The highest BCUT2D eigenvalue weighted by molar-refractivity contribution is 5.71. The topological polar surface area (TPSA) is 155 Å². The molecular formula is C55H101NO11. The van der Waals surface area contributed by atoms with Gasteiger partial charge in [-0.1, -0.05) is 168 Å². The lowest BCUT2D eigenvalue weighted by Gasteiger charge is -2.37. The van der Waals surface area contributed by atoms with Crippen LogP contribution in [0.4, 0.5) is 0 Å². The molecule has 0 radical (unpaired) electrons. The number of carbonyl (C=O) groups is 5. The highest BCUT2D eigenvalue weighted by Gasteiger charge is 2.25. The third kappa shape index (κ3) is 38.8. The van der Waals surface area contributed by atoms with Crippen LogP contribution in [0.3, 0.4) is 0 Å². The first-order valence-electron chi connectivity index (χ1n) is 27.9. The molecule has 1 aliphatic carbocycles. The van der Waals surface area contributed by atoms with Crippen molar-refractivity contribution in [3.05, 3.63) is 0 Å². The van der Waals surface area contributed by atoms with Crippen LogP contribution in [0.25, 0.3) is 0 Å². The minimum Gasteiger partial charge on any atom is -0.465 e. The summed E-state index contributed by atoms with van der Waals surface area (Å²) in [6.07, 6.45) is 35.0. The van der Waals surface area contributed by atoms with Crippen LogP contribution in [0.15, 0.2) is 0 Å². The van der Waals surface area contributed by atoms with Crippen LogP contribution >= 0.6 is 0 Å². The van der Waals surface area contributed by atoms with E-state index in [4.69, 9.17) is 23.7 Å². The zero-order valence-electron chi connectivity index (χ0n) is 43.3. The smallest absolute Gasteiger partial charge is 0.306 e. The Morgan fingerprint density at radius 3 is 1.15 bits per heavy atom. The summed E-state index contributed by atoms with van der Waals surface area (Å²) in [5, 5.41) is 9.49. The molecule has 0 bridgehead atoms. The van der Waals surface area contributed by atoms with Crippen molar-refractivity contribution in [1.82, 2.24) is 4.90 Å². The van der Waals surface area contributed by atoms with E-state index in [2.05, 4.69) is 25.7 Å². The summed E-state index contributed by atoms with van der Waals surface area (Å²) in [4.78, 5) is 66.0. The van der Waals surface area contributed by atoms with Gasteiger partial charge in [0.15, 0.2) is 6.10 Å². The Morgan fingerprint density at radius 1 is 0.433 bits per heavy atom. The maximum Gasteiger partial charge on any atom is 0.306 e. The molecule has 12 heteroatoms. The summed E-state index contributed by atoms with van der Waals surface area (Å²) in [5.41, 5.74) is 0. The first-order chi connectivity index (χ1) is 32.7. The van der Waals surface area contributed by atoms with Gasteiger partial charge in [0.1, 0.15) is 13.2 Å². The molecule has 1 N–H and O–H groups in total. The summed E-state index contributed by atoms with van der Waals surface area (Å²) in [5.74, 6) is -2.08. The van der Waals surface area contributed by atoms with Gasteiger partial charge in [0.05, 0.1) is 19.8 Å². The quantitative estimate of drug-likeness (QED) is 0.0350. The number of rotatable bonds is 49. The number of aliphatic hydroxyl groups is 1. The Bertz CT molecular complexity index is 1180. The van der Waals surface area contributed by atoms with Crippen molar-refractivity contribution >= 4 is 29.8 Å². The van der Waals surface area contributed by atoms with E-state index in [1.807, 2.05) is 0 Å². The second kappa shape index (κ2) is 45.7. The maximum absolute atomic E-state index is 13.0. The molecule has 392 valence electrons. The van der Waals surface area contributed by atoms with Crippen LogP contribution in [-0.2, 0) is 47.7 Å². The molecule has 1 rings (SSSR count). The lowest BCUT2D eigenvalue weighted by atomic mass is 9.91. The van der Waals surface area contributed by atoms with Crippen molar-refractivity contribution in [3.8, 4) is 0 Å². The molecule has 1 saturated carbocycles. The van der Waals surface area contributed by atoms with E-state index < -0.39 is 18.0 Å². The Kier molecular flexibility index (Phi) is 42.5. The predicted octanol–water partition coefficient (Wildman–Crippen LogP) is 12.9. The standard InChI is InChI=1S/C55H101NO11/c1-4-7-10-13-14-15-16-17-18-19-20-21-22-25-28-38-53(60)65-46-50(67-55(62)39-29-30-41-56(42-43-57)49-34-32-35-49)47-66-54(61)40-31-33-48(44-63-51(58)36-26-23-11-8-5-2)45-64-52(59)37-27-24-12-9-6-3/h48-50,57H,4-47H2,1-3H3. The number of hydrogen-bond acceptors (Lipinski definition) is 12. The van der Waals surface area contributed by atoms with E-state index in [-0.39, 0.29) is 76.1 Å². The normalized spacial score (nSPS) is 13.1.